The molecule has 0 atom stereocenters. The molecule has 0 radical (unpaired) electrons. The van der Waals surface area contributed by atoms with Crippen molar-refractivity contribution in [1.29, 1.82) is 0 Å². The molecule has 0 spiro atoms. The van der Waals surface area contributed by atoms with Gasteiger partial charge in [-0.3, -0.25) is 0 Å². The summed E-state index contributed by atoms with van der Waals surface area (Å²) in [7, 11) is 0. The number of hydrogen-bond donors (Lipinski definition) is 0. The Bertz CT molecular complexity index is 413. The van der Waals surface area contributed by atoms with Gasteiger partial charge in [0.05, 0.1) is 0 Å². The molecule has 1 aromatic rings. The Morgan fingerprint density at radius 3 is 1.88 bits per heavy atom. The third kappa shape index (κ3) is 4.48. The van der Waals surface area contributed by atoms with E-state index in [1.54, 1.807) is 0 Å². The van der Waals surface area contributed by atoms with Crippen molar-refractivity contribution in [3.63, 3.8) is 0 Å². The average molecular weight is 333 g/mol. The summed E-state index contributed by atoms with van der Waals surface area (Å²) in [6, 6.07) is 4.99. The molecule has 0 nitrogen and oxygen atoms in total. The van der Waals surface area contributed by atoms with Crippen LogP contribution in [0.15, 0.2) is 24.3 Å². The molecule has 1 aromatic carbocycles. The summed E-state index contributed by atoms with van der Waals surface area (Å²) < 4.78 is 40.0. The molecule has 0 aliphatic heterocycles. The molecule has 0 saturated carbocycles. The van der Waals surface area contributed by atoms with Crippen molar-refractivity contribution in [2.45, 2.75) is 21.0 Å². The number of rotatable bonds is 0. The first-order valence-corrected chi connectivity index (χ1v) is 14.9. The van der Waals surface area contributed by atoms with Gasteiger partial charge in [0.25, 0.3) is 0 Å². The molecule has 0 saturated heterocycles. The number of benzene rings is 1. The van der Waals surface area contributed by atoms with Crippen molar-refractivity contribution in [1.82, 2.24) is 0 Å². The maximum absolute atomic E-state index is 12.3. The Kier molecular flexibility index (Phi) is 3.95. The van der Waals surface area contributed by atoms with E-state index in [1.807, 2.05) is 0 Å². The van der Waals surface area contributed by atoms with Crippen LogP contribution in [0, 0.1) is 9.86 Å². The molecule has 0 unspecified atom stereocenters. The van der Waals surface area contributed by atoms with Gasteiger partial charge in [0.1, 0.15) is 0 Å². The van der Waals surface area contributed by atoms with Crippen LogP contribution in [0.2, 0.25) is 14.8 Å². The number of hydrogen-bond acceptors (Lipinski definition) is 0. The van der Waals surface area contributed by atoms with Crippen molar-refractivity contribution < 1.29 is 13.2 Å². The zero-order chi connectivity index (χ0) is 12.4. The van der Waals surface area contributed by atoms with Gasteiger partial charge in [0.15, 0.2) is 0 Å². The van der Waals surface area contributed by atoms with Crippen LogP contribution in [-0.4, -0.2) is 18.4 Å². The fourth-order valence-corrected chi connectivity index (χ4v) is 2.48. The Balaban J connectivity index is 2.91. The van der Waals surface area contributed by atoms with Gasteiger partial charge in [0, 0.05) is 0 Å². The third-order valence-electron chi connectivity index (χ3n) is 1.79. The fraction of sp³-hybridized carbons (Fsp3) is 0.333. The van der Waals surface area contributed by atoms with E-state index >= 15 is 0 Å². The van der Waals surface area contributed by atoms with E-state index in [9.17, 15) is 13.2 Å². The topological polar surface area (TPSA) is 0 Å². The second-order valence-corrected chi connectivity index (χ2v) is 18.1. The summed E-state index contributed by atoms with van der Waals surface area (Å²) in [6.45, 7) is 0. The molecule has 0 heterocycles. The van der Waals surface area contributed by atoms with Gasteiger partial charge in [-0.05, 0) is 0 Å². The predicted octanol–water partition coefficient (Wildman–Crippen LogP) is 3.93. The Labute approximate surface area is 97.7 Å². The zero-order valence-corrected chi connectivity index (χ0v) is 12.3. The summed E-state index contributed by atoms with van der Waals surface area (Å²) >= 11 is -2.15. The monoisotopic (exact) mass is 334 g/mol. The van der Waals surface area contributed by atoms with Crippen LogP contribution in [0.5, 0.6) is 0 Å². The molecule has 0 aliphatic rings. The van der Waals surface area contributed by atoms with Crippen LogP contribution in [0.1, 0.15) is 11.1 Å². The van der Waals surface area contributed by atoms with E-state index in [-0.39, 0.29) is 0 Å². The van der Waals surface area contributed by atoms with Gasteiger partial charge in [0.2, 0.25) is 0 Å². The Morgan fingerprint density at radius 2 is 1.50 bits per heavy atom. The van der Waals surface area contributed by atoms with Crippen molar-refractivity contribution in [3.8, 4) is 9.86 Å². The van der Waals surface area contributed by atoms with Gasteiger partial charge in [-0.15, -0.1) is 0 Å². The summed E-state index contributed by atoms with van der Waals surface area (Å²) in [6.07, 6.45) is -4.27. The molecule has 16 heavy (non-hydrogen) atoms. The molecule has 0 aliphatic carbocycles. The molecule has 0 fully saturated rings. The standard InChI is InChI=1S/C9H4F3.3CH3.Sn/c1-2-7-3-5-8(6-4-7)9(10,11)12;;;;/h3-6H;3*1H3;. The van der Waals surface area contributed by atoms with Crippen molar-refractivity contribution in [2.24, 2.45) is 0 Å². The van der Waals surface area contributed by atoms with E-state index in [4.69, 9.17) is 0 Å². The van der Waals surface area contributed by atoms with Crippen LogP contribution >= 0.6 is 0 Å². The number of halogens is 3. The van der Waals surface area contributed by atoms with Gasteiger partial charge in [-0.25, -0.2) is 0 Å². The maximum atomic E-state index is 12.3. The molecule has 0 N–H and O–H groups in total. The first kappa shape index (κ1) is 13.4. The molecular formula is C12H13F3Sn. The second-order valence-electron chi connectivity index (χ2n) is 4.58. The molecule has 0 amide bonds. The first-order valence-electron chi connectivity index (χ1n) is 4.89. The van der Waals surface area contributed by atoms with Gasteiger partial charge >= 0.3 is 97.8 Å². The van der Waals surface area contributed by atoms with Crippen LogP contribution in [0.4, 0.5) is 13.2 Å². The molecule has 0 bridgehead atoms. The van der Waals surface area contributed by atoms with Crippen molar-refractivity contribution in [3.05, 3.63) is 35.4 Å². The zero-order valence-electron chi connectivity index (χ0n) is 9.44. The Hall–Kier alpha value is -0.631. The summed E-state index contributed by atoms with van der Waals surface area (Å²) in [4.78, 5) is 6.48. The minimum absolute atomic E-state index is 0.627. The molecule has 4 heteroatoms. The van der Waals surface area contributed by atoms with Crippen molar-refractivity contribution in [2.75, 3.05) is 0 Å². The van der Waals surface area contributed by atoms with E-state index < -0.39 is 30.1 Å². The van der Waals surface area contributed by atoms with E-state index in [0.717, 1.165) is 12.1 Å². The van der Waals surface area contributed by atoms with E-state index in [0.29, 0.717) is 5.56 Å². The van der Waals surface area contributed by atoms with Crippen LogP contribution in [-0.2, 0) is 6.18 Å². The normalized spacial score (nSPS) is 11.9. The Morgan fingerprint density at radius 1 is 1.00 bits per heavy atom. The third-order valence-corrected chi connectivity index (χ3v) is 4.29. The van der Waals surface area contributed by atoms with Crippen molar-refractivity contribution >= 4 is 18.4 Å². The summed E-state index contributed by atoms with van der Waals surface area (Å²) in [5, 5.41) is 0. The average Bonchev–Trinajstić information content (AvgIpc) is 2.13. The minimum atomic E-state index is -4.27. The summed E-state index contributed by atoms with van der Waals surface area (Å²) in [5.41, 5.74) is 0.0250. The van der Waals surface area contributed by atoms with Crippen LogP contribution < -0.4 is 0 Å². The van der Waals surface area contributed by atoms with Gasteiger partial charge in [-0.1, -0.05) is 0 Å². The quantitative estimate of drug-likeness (QED) is 0.499. The number of alkyl halides is 3. The summed E-state index contributed by atoms with van der Waals surface area (Å²) in [5.74, 6) is 2.94. The van der Waals surface area contributed by atoms with Crippen LogP contribution in [0.25, 0.3) is 0 Å². The van der Waals surface area contributed by atoms with E-state index in [1.165, 1.54) is 12.1 Å². The first-order chi connectivity index (χ1) is 7.18. The van der Waals surface area contributed by atoms with E-state index in [2.05, 4.69) is 24.7 Å². The SMILES string of the molecule is [CH3][Sn]([CH3])([CH3])[C]#Cc1ccc(C(F)(F)F)cc1. The molecule has 86 valence electrons. The van der Waals surface area contributed by atoms with Gasteiger partial charge in [-0.2, -0.15) is 0 Å². The fourth-order valence-electron chi connectivity index (χ4n) is 1.00. The van der Waals surface area contributed by atoms with Crippen LogP contribution in [0.3, 0.4) is 0 Å². The van der Waals surface area contributed by atoms with Gasteiger partial charge < -0.3 is 0 Å². The molecule has 0 aromatic heterocycles. The molecular weight excluding hydrogens is 320 g/mol. The second kappa shape index (κ2) is 4.70. The molecule has 1 rings (SSSR count). The predicted molar refractivity (Wildman–Crippen MR) is 61.7 cm³/mol.